The maximum absolute atomic E-state index is 12.5. The molecular formula is C15H11ClN2O2. The Labute approximate surface area is 121 Å². The van der Waals surface area contributed by atoms with Crippen LogP contribution in [0.4, 0.5) is 11.4 Å². The molecule has 2 aromatic carbocycles. The van der Waals surface area contributed by atoms with Gasteiger partial charge in [0.05, 0.1) is 11.3 Å². The molecule has 0 saturated heterocycles. The average Bonchev–Trinajstić information content (AvgIpc) is 2.71. The number of halogens is 1. The highest BCUT2D eigenvalue weighted by atomic mass is 35.5. The zero-order valence-electron chi connectivity index (χ0n) is 10.7. The second-order valence-corrected chi connectivity index (χ2v) is 4.94. The normalized spacial score (nSPS) is 16.3. The Bertz CT molecular complexity index is 740. The summed E-state index contributed by atoms with van der Waals surface area (Å²) in [5.41, 5.74) is 1.82. The molecule has 0 spiro atoms. The van der Waals surface area contributed by atoms with Gasteiger partial charge in [-0.1, -0.05) is 29.8 Å². The van der Waals surface area contributed by atoms with E-state index in [9.17, 15) is 10.0 Å². The number of anilines is 1. The van der Waals surface area contributed by atoms with Crippen LogP contribution in [-0.2, 0) is 4.79 Å². The third-order valence-corrected chi connectivity index (χ3v) is 3.51. The quantitative estimate of drug-likeness (QED) is 0.460. The number of para-hydroxylation sites is 1. The van der Waals surface area contributed by atoms with Crippen molar-refractivity contribution >= 4 is 34.6 Å². The molecule has 1 aliphatic heterocycles. The smallest absolute Gasteiger partial charge is 0.324 e. The van der Waals surface area contributed by atoms with Crippen LogP contribution in [-0.4, -0.2) is 23.4 Å². The molecule has 1 heterocycles. The number of carbonyl (C=O) groups is 1. The van der Waals surface area contributed by atoms with Crippen molar-refractivity contribution in [2.45, 2.75) is 0 Å². The van der Waals surface area contributed by atoms with Crippen LogP contribution in [0.2, 0.25) is 5.02 Å². The minimum atomic E-state index is -0.318. The Balaban J connectivity index is 2.23. The van der Waals surface area contributed by atoms with E-state index in [0.29, 0.717) is 21.0 Å². The minimum absolute atomic E-state index is 0.116. The zero-order chi connectivity index (χ0) is 14.3. The third kappa shape index (κ3) is 1.85. The van der Waals surface area contributed by atoms with Crippen molar-refractivity contribution in [1.29, 1.82) is 0 Å². The van der Waals surface area contributed by atoms with Gasteiger partial charge in [0.1, 0.15) is 0 Å². The van der Waals surface area contributed by atoms with Gasteiger partial charge in [-0.05, 0) is 18.2 Å². The number of hydrogen-bond donors (Lipinski definition) is 0. The highest BCUT2D eigenvalue weighted by Gasteiger charge is 2.37. The zero-order valence-corrected chi connectivity index (χ0v) is 11.5. The number of fused-ring (bicyclic) bond motifs is 1. The molecule has 0 aliphatic carbocycles. The Morgan fingerprint density at radius 3 is 2.65 bits per heavy atom. The number of carbonyl (C=O) groups excluding carboxylic acids is 1. The van der Waals surface area contributed by atoms with Crippen LogP contribution in [0.3, 0.4) is 0 Å². The third-order valence-electron chi connectivity index (χ3n) is 3.27. The lowest BCUT2D eigenvalue weighted by atomic mass is 10.1. The van der Waals surface area contributed by atoms with Gasteiger partial charge in [0.25, 0.3) is 5.71 Å². The maximum atomic E-state index is 12.5. The van der Waals surface area contributed by atoms with Gasteiger partial charge in [0, 0.05) is 24.2 Å². The van der Waals surface area contributed by atoms with E-state index in [1.807, 2.05) is 12.1 Å². The summed E-state index contributed by atoms with van der Waals surface area (Å²) in [6, 6.07) is 13.7. The van der Waals surface area contributed by atoms with Gasteiger partial charge in [-0.25, -0.2) is 0 Å². The maximum Gasteiger partial charge on any atom is 0.324 e. The molecule has 1 amide bonds. The first-order valence-corrected chi connectivity index (χ1v) is 6.44. The predicted octanol–water partition coefficient (Wildman–Crippen LogP) is 2.95. The molecule has 0 radical (unpaired) electrons. The summed E-state index contributed by atoms with van der Waals surface area (Å²) in [7, 11) is 1.65. The van der Waals surface area contributed by atoms with Crippen LogP contribution in [0.25, 0.3) is 0 Å². The van der Waals surface area contributed by atoms with E-state index in [-0.39, 0.29) is 11.6 Å². The number of hydrogen-bond acceptors (Lipinski definition) is 2. The van der Waals surface area contributed by atoms with E-state index in [1.165, 1.54) is 11.0 Å². The minimum Gasteiger partial charge on any atom is -0.618 e. The van der Waals surface area contributed by atoms with Crippen LogP contribution in [0.1, 0.15) is 5.56 Å². The first kappa shape index (κ1) is 12.7. The number of nitrogens with zero attached hydrogens (tertiary/aromatic N) is 2. The Kier molecular flexibility index (Phi) is 2.95. The van der Waals surface area contributed by atoms with E-state index in [1.54, 1.807) is 37.4 Å². The fourth-order valence-electron chi connectivity index (χ4n) is 2.28. The summed E-state index contributed by atoms with van der Waals surface area (Å²) in [6.45, 7) is 0. The van der Waals surface area contributed by atoms with Crippen LogP contribution >= 0.6 is 11.6 Å². The molecule has 1 aliphatic rings. The summed E-state index contributed by atoms with van der Waals surface area (Å²) < 4.78 is 0.635. The highest BCUT2D eigenvalue weighted by Crippen LogP contribution is 2.29. The monoisotopic (exact) mass is 286 g/mol. The summed E-state index contributed by atoms with van der Waals surface area (Å²) in [4.78, 5) is 13.7. The molecule has 0 atom stereocenters. The lowest BCUT2D eigenvalue weighted by Gasteiger charge is -2.07. The topological polar surface area (TPSA) is 46.4 Å². The van der Waals surface area contributed by atoms with E-state index in [2.05, 4.69) is 0 Å². The molecule has 0 N–H and O–H groups in total. The van der Waals surface area contributed by atoms with Crippen LogP contribution in [0.5, 0.6) is 0 Å². The van der Waals surface area contributed by atoms with E-state index in [4.69, 9.17) is 11.6 Å². The molecule has 0 aromatic heterocycles. The van der Waals surface area contributed by atoms with Crippen LogP contribution in [0.15, 0.2) is 48.5 Å². The predicted molar refractivity (Wildman–Crippen MR) is 78.7 cm³/mol. The fraction of sp³-hybridized carbons (Fsp3) is 0.0667. The van der Waals surface area contributed by atoms with Crippen LogP contribution in [0, 0.1) is 5.21 Å². The molecule has 0 saturated carbocycles. The van der Waals surface area contributed by atoms with E-state index < -0.39 is 0 Å². The Morgan fingerprint density at radius 2 is 1.90 bits per heavy atom. The summed E-state index contributed by atoms with van der Waals surface area (Å²) in [5.74, 6) is -0.318. The van der Waals surface area contributed by atoms with Crippen molar-refractivity contribution in [1.82, 2.24) is 0 Å². The van der Waals surface area contributed by atoms with Crippen LogP contribution < -0.4 is 4.90 Å². The molecule has 3 rings (SSSR count). The first-order valence-electron chi connectivity index (χ1n) is 6.07. The van der Waals surface area contributed by atoms with Gasteiger partial charge in [0.2, 0.25) is 5.69 Å². The summed E-state index contributed by atoms with van der Waals surface area (Å²) in [5, 5.41) is 12.9. The molecule has 5 heteroatoms. The SMILES string of the molecule is CN1C(=O)/C(=[N+](/[O-])c2cccc(Cl)c2)c2ccccc21. The summed E-state index contributed by atoms with van der Waals surface area (Å²) in [6.07, 6.45) is 0. The number of rotatable bonds is 1. The second kappa shape index (κ2) is 4.65. The lowest BCUT2D eigenvalue weighted by molar-refractivity contribution is -0.359. The lowest BCUT2D eigenvalue weighted by Crippen LogP contribution is -2.29. The largest absolute Gasteiger partial charge is 0.618 e. The second-order valence-electron chi connectivity index (χ2n) is 4.50. The molecule has 2 aromatic rings. The average molecular weight is 287 g/mol. The van der Waals surface area contributed by atoms with Crippen molar-refractivity contribution in [2.75, 3.05) is 11.9 Å². The van der Waals surface area contributed by atoms with Crippen molar-refractivity contribution in [3.05, 3.63) is 64.3 Å². The number of likely N-dealkylation sites (N-methyl/N-ethyl adjacent to an activating group) is 1. The fourth-order valence-corrected chi connectivity index (χ4v) is 2.46. The van der Waals surface area contributed by atoms with Gasteiger partial charge in [0.15, 0.2) is 0 Å². The van der Waals surface area contributed by atoms with Crippen molar-refractivity contribution in [2.24, 2.45) is 0 Å². The molecular weight excluding hydrogens is 276 g/mol. The molecule has 0 unspecified atom stereocenters. The van der Waals surface area contributed by atoms with Crippen molar-refractivity contribution in [3.8, 4) is 0 Å². The van der Waals surface area contributed by atoms with Crippen molar-refractivity contribution < 1.29 is 9.53 Å². The summed E-state index contributed by atoms with van der Waals surface area (Å²) >= 11 is 5.89. The van der Waals surface area contributed by atoms with Gasteiger partial charge in [-0.3, -0.25) is 4.79 Å². The van der Waals surface area contributed by atoms with Crippen molar-refractivity contribution in [3.63, 3.8) is 0 Å². The Hall–Kier alpha value is -2.33. The van der Waals surface area contributed by atoms with Gasteiger partial charge >= 0.3 is 5.91 Å². The number of benzene rings is 2. The van der Waals surface area contributed by atoms with Gasteiger partial charge in [-0.15, -0.1) is 0 Å². The van der Waals surface area contributed by atoms with E-state index in [0.717, 1.165) is 5.69 Å². The first-order chi connectivity index (χ1) is 9.59. The molecule has 0 bridgehead atoms. The van der Waals surface area contributed by atoms with Gasteiger partial charge in [-0.2, -0.15) is 4.74 Å². The molecule has 100 valence electrons. The Morgan fingerprint density at radius 1 is 1.15 bits per heavy atom. The molecule has 4 nitrogen and oxygen atoms in total. The molecule has 0 fully saturated rings. The standard InChI is InChI=1S/C15H11ClN2O2/c1-17-13-8-3-2-7-12(13)14(15(17)19)18(20)11-6-4-5-10(16)9-11/h2-9H,1H3/b18-14+. The van der Waals surface area contributed by atoms with E-state index >= 15 is 0 Å². The highest BCUT2D eigenvalue weighted by molar-refractivity contribution is 6.52. The molecule has 20 heavy (non-hydrogen) atoms. The number of amides is 1. The van der Waals surface area contributed by atoms with Gasteiger partial charge < -0.3 is 10.1 Å².